The maximum atomic E-state index is 12.1. The zero-order chi connectivity index (χ0) is 14.1. The van der Waals surface area contributed by atoms with Crippen LogP contribution in [0.3, 0.4) is 0 Å². The van der Waals surface area contributed by atoms with E-state index in [1.165, 1.54) is 19.3 Å². The van der Waals surface area contributed by atoms with Crippen LogP contribution in [0.15, 0.2) is 24.3 Å². The average molecular weight is 274 g/mol. The van der Waals surface area contributed by atoms with Gasteiger partial charge in [-0.05, 0) is 30.5 Å². The third-order valence-electron chi connectivity index (χ3n) is 4.60. The molecule has 0 aromatic heterocycles. The molecule has 1 heterocycles. The first-order valence-corrected chi connectivity index (χ1v) is 7.44. The number of amides is 1. The number of benzene rings is 1. The molecule has 0 radical (unpaired) electrons. The van der Waals surface area contributed by atoms with Crippen molar-refractivity contribution in [2.45, 2.75) is 50.2 Å². The molecule has 4 heteroatoms. The van der Waals surface area contributed by atoms with Gasteiger partial charge in [0.05, 0.1) is 13.2 Å². The Bertz CT molecular complexity index is 480. The van der Waals surface area contributed by atoms with Crippen LogP contribution in [-0.4, -0.2) is 30.0 Å². The second-order valence-corrected chi connectivity index (χ2v) is 5.78. The summed E-state index contributed by atoms with van der Waals surface area (Å²) in [7, 11) is 1.65. The van der Waals surface area contributed by atoms with E-state index in [4.69, 9.17) is 10.5 Å². The molecule has 2 N–H and O–H groups in total. The Hall–Kier alpha value is -1.55. The Morgan fingerprint density at radius 2 is 1.80 bits per heavy atom. The van der Waals surface area contributed by atoms with Gasteiger partial charge in [0.1, 0.15) is 11.8 Å². The molecule has 3 rings (SSSR count). The van der Waals surface area contributed by atoms with Crippen LogP contribution in [0, 0.1) is 0 Å². The van der Waals surface area contributed by atoms with Gasteiger partial charge >= 0.3 is 0 Å². The van der Waals surface area contributed by atoms with Crippen LogP contribution >= 0.6 is 0 Å². The van der Waals surface area contributed by atoms with E-state index >= 15 is 0 Å². The minimum absolute atomic E-state index is 0.0384. The number of carbonyl (C=O) groups excluding carboxylic acids is 1. The summed E-state index contributed by atoms with van der Waals surface area (Å²) < 4.78 is 5.18. The van der Waals surface area contributed by atoms with E-state index in [-0.39, 0.29) is 18.0 Å². The van der Waals surface area contributed by atoms with Gasteiger partial charge < -0.3 is 15.4 Å². The van der Waals surface area contributed by atoms with Crippen molar-refractivity contribution in [3.8, 4) is 5.75 Å². The molecule has 1 aromatic rings. The van der Waals surface area contributed by atoms with Gasteiger partial charge in [0.25, 0.3) is 0 Å². The van der Waals surface area contributed by atoms with E-state index < -0.39 is 0 Å². The van der Waals surface area contributed by atoms with Gasteiger partial charge in [0.15, 0.2) is 0 Å². The summed E-state index contributed by atoms with van der Waals surface area (Å²) in [5.74, 6) is 0.940. The van der Waals surface area contributed by atoms with Crippen LogP contribution in [0.4, 0.5) is 0 Å². The molecule has 1 saturated carbocycles. The predicted octanol–water partition coefficient (Wildman–Crippen LogP) is 2.24. The van der Waals surface area contributed by atoms with Crippen LogP contribution in [0.1, 0.15) is 43.7 Å². The van der Waals surface area contributed by atoms with Crippen LogP contribution in [-0.2, 0) is 4.79 Å². The second kappa shape index (κ2) is 5.44. The highest BCUT2D eigenvalue weighted by atomic mass is 16.5. The first-order valence-electron chi connectivity index (χ1n) is 7.44. The number of nitrogens with two attached hydrogens (primary N) is 1. The van der Waals surface area contributed by atoms with Crippen LogP contribution in [0.2, 0.25) is 0 Å². The van der Waals surface area contributed by atoms with Gasteiger partial charge in [0.2, 0.25) is 5.91 Å². The fourth-order valence-electron chi connectivity index (χ4n) is 3.47. The molecule has 4 nitrogen and oxygen atoms in total. The molecule has 1 aliphatic heterocycles. The van der Waals surface area contributed by atoms with E-state index in [2.05, 4.69) is 0 Å². The lowest BCUT2D eigenvalue weighted by Gasteiger charge is -2.51. The average Bonchev–Trinajstić information content (AvgIpc) is 2.52. The van der Waals surface area contributed by atoms with Crippen LogP contribution in [0.5, 0.6) is 5.75 Å². The molecule has 1 saturated heterocycles. The number of β-lactam (4-membered cyclic amide) rings is 1. The predicted molar refractivity (Wildman–Crippen MR) is 77.4 cm³/mol. The third-order valence-corrected chi connectivity index (χ3v) is 4.60. The highest BCUT2D eigenvalue weighted by Gasteiger charge is 2.48. The number of rotatable bonds is 3. The van der Waals surface area contributed by atoms with Gasteiger partial charge in [0, 0.05) is 6.04 Å². The lowest BCUT2D eigenvalue weighted by Crippen LogP contribution is -2.66. The summed E-state index contributed by atoms with van der Waals surface area (Å²) in [6, 6.07) is 7.94. The molecule has 1 aliphatic carbocycles. The molecule has 0 bridgehead atoms. The number of hydrogen-bond donors (Lipinski definition) is 1. The molecule has 0 spiro atoms. The van der Waals surface area contributed by atoms with Gasteiger partial charge in [-0.1, -0.05) is 31.4 Å². The van der Waals surface area contributed by atoms with Crippen LogP contribution in [0.25, 0.3) is 0 Å². The zero-order valence-electron chi connectivity index (χ0n) is 11.9. The van der Waals surface area contributed by atoms with E-state index in [0.717, 1.165) is 24.2 Å². The fourth-order valence-corrected chi connectivity index (χ4v) is 3.47. The first kappa shape index (κ1) is 13.4. The van der Waals surface area contributed by atoms with E-state index in [1.807, 2.05) is 29.2 Å². The topological polar surface area (TPSA) is 55.6 Å². The molecule has 108 valence electrons. The van der Waals surface area contributed by atoms with Crippen molar-refractivity contribution in [3.05, 3.63) is 29.8 Å². The van der Waals surface area contributed by atoms with E-state index in [9.17, 15) is 4.79 Å². The Kier molecular flexibility index (Phi) is 3.66. The van der Waals surface area contributed by atoms with E-state index in [1.54, 1.807) is 7.11 Å². The van der Waals surface area contributed by atoms with Crippen molar-refractivity contribution in [1.29, 1.82) is 0 Å². The second-order valence-electron chi connectivity index (χ2n) is 5.78. The summed E-state index contributed by atoms with van der Waals surface area (Å²) in [5.41, 5.74) is 7.16. The van der Waals surface area contributed by atoms with E-state index in [0.29, 0.717) is 6.04 Å². The number of nitrogens with zero attached hydrogens (tertiary/aromatic N) is 1. The fraction of sp³-hybridized carbons (Fsp3) is 0.562. The summed E-state index contributed by atoms with van der Waals surface area (Å²) in [4.78, 5) is 14.2. The zero-order valence-corrected chi connectivity index (χ0v) is 11.9. The Morgan fingerprint density at radius 3 is 2.40 bits per heavy atom. The molecule has 2 fully saturated rings. The molecular weight excluding hydrogens is 252 g/mol. The van der Waals surface area contributed by atoms with Crippen molar-refractivity contribution >= 4 is 5.91 Å². The monoisotopic (exact) mass is 274 g/mol. The van der Waals surface area contributed by atoms with Crippen molar-refractivity contribution in [3.63, 3.8) is 0 Å². The van der Waals surface area contributed by atoms with Gasteiger partial charge in [-0.2, -0.15) is 0 Å². The van der Waals surface area contributed by atoms with Crippen molar-refractivity contribution in [2.24, 2.45) is 5.73 Å². The molecule has 1 aromatic carbocycles. The van der Waals surface area contributed by atoms with Gasteiger partial charge in [-0.3, -0.25) is 4.79 Å². The highest BCUT2D eigenvalue weighted by molar-refractivity contribution is 5.90. The molecule has 0 unspecified atom stereocenters. The summed E-state index contributed by atoms with van der Waals surface area (Å²) in [6.45, 7) is 0. The maximum Gasteiger partial charge on any atom is 0.242 e. The lowest BCUT2D eigenvalue weighted by atomic mass is 9.83. The Labute approximate surface area is 119 Å². The maximum absolute atomic E-state index is 12.1. The van der Waals surface area contributed by atoms with Crippen molar-refractivity contribution in [1.82, 2.24) is 4.90 Å². The highest BCUT2D eigenvalue weighted by Crippen LogP contribution is 2.39. The van der Waals surface area contributed by atoms with Crippen LogP contribution < -0.4 is 10.5 Å². The first-order chi connectivity index (χ1) is 9.72. The molecule has 1 amide bonds. The number of ether oxygens (including phenoxy) is 1. The number of likely N-dealkylation sites (tertiary alicyclic amines) is 1. The van der Waals surface area contributed by atoms with Crippen molar-refractivity contribution in [2.75, 3.05) is 7.11 Å². The molecule has 20 heavy (non-hydrogen) atoms. The standard InChI is InChI=1S/C16H22N2O2/c1-20-13-9-7-11(8-10-13)15-14(17)16(19)18(15)12-5-3-2-4-6-12/h7-10,12,14-15H,2-6,17H2,1H3/t14-,15+/m0/s1. The van der Waals surface area contributed by atoms with Gasteiger partial charge in [-0.25, -0.2) is 0 Å². The largest absolute Gasteiger partial charge is 0.497 e. The summed E-state index contributed by atoms with van der Waals surface area (Å²) in [5, 5.41) is 0. The summed E-state index contributed by atoms with van der Waals surface area (Å²) >= 11 is 0. The number of methoxy groups -OCH3 is 1. The Balaban J connectivity index is 1.80. The normalized spacial score (nSPS) is 27.3. The van der Waals surface area contributed by atoms with Crippen molar-refractivity contribution < 1.29 is 9.53 Å². The SMILES string of the molecule is COc1ccc([C@@H]2[C@H](N)C(=O)N2C2CCCCC2)cc1. The molecule has 2 atom stereocenters. The number of hydrogen-bond acceptors (Lipinski definition) is 3. The van der Waals surface area contributed by atoms with Gasteiger partial charge in [-0.15, -0.1) is 0 Å². The molecular formula is C16H22N2O2. The third kappa shape index (κ3) is 2.18. The quantitative estimate of drug-likeness (QED) is 0.860. The minimum Gasteiger partial charge on any atom is -0.497 e. The minimum atomic E-state index is -0.384. The summed E-state index contributed by atoms with van der Waals surface area (Å²) in [6.07, 6.45) is 5.96. The lowest BCUT2D eigenvalue weighted by molar-refractivity contribution is -0.155. The molecule has 2 aliphatic rings. The smallest absolute Gasteiger partial charge is 0.242 e. The Morgan fingerprint density at radius 1 is 1.15 bits per heavy atom. The number of carbonyl (C=O) groups is 1.